The molecule has 57 heavy (non-hydrogen) atoms. The highest BCUT2D eigenvalue weighted by molar-refractivity contribution is 5.72. The maximum atomic E-state index is 13.0. The van der Waals surface area contributed by atoms with Crippen LogP contribution in [0.5, 0.6) is 0 Å². The van der Waals surface area contributed by atoms with Gasteiger partial charge in [0, 0.05) is 39.5 Å². The Labute approximate surface area is 353 Å². The van der Waals surface area contributed by atoms with Gasteiger partial charge in [-0.15, -0.1) is 0 Å². The van der Waals surface area contributed by atoms with E-state index in [1.807, 2.05) is 0 Å². The van der Waals surface area contributed by atoms with Gasteiger partial charge in [0.15, 0.2) is 0 Å². The first-order valence-corrected chi connectivity index (χ1v) is 24.9. The molecule has 0 spiro atoms. The number of carbonyl (C=O) groups excluding carboxylic acids is 2. The Morgan fingerprint density at radius 1 is 0.456 bits per heavy atom. The molecular formula is C49H95NO7. The van der Waals surface area contributed by atoms with Crippen molar-refractivity contribution >= 4 is 11.9 Å². The number of esters is 2. The van der Waals surface area contributed by atoms with Crippen molar-refractivity contribution in [3.05, 3.63) is 0 Å². The Balaban J connectivity index is 2.36. The molecule has 8 nitrogen and oxygen atoms in total. The maximum absolute atomic E-state index is 13.0. The number of hydrogen-bond donors (Lipinski definition) is 1. The van der Waals surface area contributed by atoms with E-state index in [-0.39, 0.29) is 42.6 Å². The summed E-state index contributed by atoms with van der Waals surface area (Å²) in [5.74, 6) is 0.159. The summed E-state index contributed by atoms with van der Waals surface area (Å²) < 4.78 is 24.4. The highest BCUT2D eigenvalue weighted by Crippen LogP contribution is 2.23. The van der Waals surface area contributed by atoms with Crippen molar-refractivity contribution in [1.29, 1.82) is 0 Å². The molecule has 0 radical (unpaired) electrons. The lowest BCUT2D eigenvalue weighted by Gasteiger charge is -2.20. The molecular weight excluding hydrogens is 715 g/mol. The third kappa shape index (κ3) is 30.5. The minimum atomic E-state index is 0.0202. The first kappa shape index (κ1) is 53.8. The average Bonchev–Trinajstić information content (AvgIpc) is 3.61. The molecule has 1 N–H and O–H groups in total. The largest absolute Gasteiger partial charge is 0.465 e. The van der Waals surface area contributed by atoms with Gasteiger partial charge in [0.05, 0.1) is 37.3 Å². The highest BCUT2D eigenvalue weighted by atomic mass is 16.5. The van der Waals surface area contributed by atoms with Gasteiger partial charge in [-0.25, -0.2) is 0 Å². The van der Waals surface area contributed by atoms with Gasteiger partial charge in [-0.05, 0) is 70.6 Å². The number of aliphatic hydroxyl groups is 1. The summed E-state index contributed by atoms with van der Waals surface area (Å²) in [4.78, 5) is 28.3. The minimum absolute atomic E-state index is 0.0202. The quantitative estimate of drug-likeness (QED) is 0.0481. The molecule has 4 atom stereocenters. The van der Waals surface area contributed by atoms with Crippen molar-refractivity contribution in [3.8, 4) is 0 Å². The second kappa shape index (κ2) is 40.2. The molecule has 1 saturated heterocycles. The molecule has 0 aliphatic carbocycles. The van der Waals surface area contributed by atoms with E-state index in [1.54, 1.807) is 0 Å². The van der Waals surface area contributed by atoms with Crippen LogP contribution in [0.4, 0.5) is 0 Å². The molecule has 1 aliphatic rings. The number of aliphatic hydroxyl groups excluding tert-OH is 1. The van der Waals surface area contributed by atoms with Crippen molar-refractivity contribution in [1.82, 2.24) is 4.90 Å². The van der Waals surface area contributed by atoms with Crippen LogP contribution in [0.2, 0.25) is 0 Å². The number of nitrogens with zero attached hydrogens (tertiary/aromatic N) is 1. The normalized spacial score (nSPS) is 16.9. The van der Waals surface area contributed by atoms with Crippen molar-refractivity contribution < 1.29 is 33.6 Å². The van der Waals surface area contributed by atoms with E-state index in [9.17, 15) is 14.7 Å². The van der Waals surface area contributed by atoms with Gasteiger partial charge in [0.2, 0.25) is 0 Å². The lowest BCUT2D eigenvalue weighted by molar-refractivity contribution is -0.150. The van der Waals surface area contributed by atoms with Crippen LogP contribution in [-0.4, -0.2) is 86.8 Å². The SMILES string of the molecule is CCCCCCCCC(CCCCCC)C(=O)OCCCCCO[C@H]1CN(CCCO)C[C@H]1OCCCCCOC(=O)C(CCCCCC)CCCCCCCC. The number of carbonyl (C=O) groups is 2. The Hall–Kier alpha value is -1.22. The van der Waals surface area contributed by atoms with E-state index >= 15 is 0 Å². The number of likely N-dealkylation sites (tertiary alicyclic amines) is 1. The predicted molar refractivity (Wildman–Crippen MR) is 238 cm³/mol. The lowest BCUT2D eigenvalue weighted by atomic mass is 9.94. The maximum Gasteiger partial charge on any atom is 0.308 e. The summed E-state index contributed by atoms with van der Waals surface area (Å²) in [6, 6.07) is 0. The molecule has 1 fully saturated rings. The molecule has 338 valence electrons. The van der Waals surface area contributed by atoms with E-state index in [4.69, 9.17) is 18.9 Å². The second-order valence-electron chi connectivity index (χ2n) is 17.3. The molecule has 0 amide bonds. The smallest absolute Gasteiger partial charge is 0.308 e. The lowest BCUT2D eigenvalue weighted by Crippen LogP contribution is -2.30. The number of rotatable bonds is 43. The van der Waals surface area contributed by atoms with Crippen LogP contribution in [0.25, 0.3) is 0 Å². The highest BCUT2D eigenvalue weighted by Gasteiger charge is 2.34. The molecule has 1 heterocycles. The van der Waals surface area contributed by atoms with E-state index in [0.29, 0.717) is 26.4 Å². The zero-order chi connectivity index (χ0) is 41.4. The topological polar surface area (TPSA) is 94.5 Å². The number of ether oxygens (including phenoxy) is 4. The van der Waals surface area contributed by atoms with Crippen LogP contribution in [-0.2, 0) is 28.5 Å². The Kier molecular flexibility index (Phi) is 37.9. The molecule has 0 aromatic carbocycles. The van der Waals surface area contributed by atoms with Crippen molar-refractivity contribution in [3.63, 3.8) is 0 Å². The molecule has 0 aromatic rings. The summed E-state index contributed by atoms with van der Waals surface area (Å²) >= 11 is 0. The van der Waals surface area contributed by atoms with E-state index in [1.165, 1.54) is 103 Å². The fourth-order valence-corrected chi connectivity index (χ4v) is 8.17. The van der Waals surface area contributed by atoms with Crippen LogP contribution < -0.4 is 0 Å². The van der Waals surface area contributed by atoms with Crippen LogP contribution >= 0.6 is 0 Å². The fraction of sp³-hybridized carbons (Fsp3) is 0.959. The van der Waals surface area contributed by atoms with Gasteiger partial charge in [0.25, 0.3) is 0 Å². The monoisotopic (exact) mass is 810 g/mol. The number of unbranched alkanes of at least 4 members (excludes halogenated alkanes) is 20. The van der Waals surface area contributed by atoms with Crippen LogP contribution in [0.1, 0.15) is 227 Å². The van der Waals surface area contributed by atoms with E-state index in [0.717, 1.165) is 116 Å². The van der Waals surface area contributed by atoms with Crippen molar-refractivity contribution in [2.75, 3.05) is 52.7 Å². The van der Waals surface area contributed by atoms with Gasteiger partial charge < -0.3 is 24.1 Å². The Morgan fingerprint density at radius 2 is 0.772 bits per heavy atom. The molecule has 0 bridgehead atoms. The first-order chi connectivity index (χ1) is 28.0. The van der Waals surface area contributed by atoms with E-state index < -0.39 is 0 Å². The molecule has 0 saturated carbocycles. The van der Waals surface area contributed by atoms with Crippen LogP contribution in [0.15, 0.2) is 0 Å². The predicted octanol–water partition coefficient (Wildman–Crippen LogP) is 12.6. The zero-order valence-corrected chi connectivity index (χ0v) is 38.2. The van der Waals surface area contributed by atoms with Gasteiger partial charge in [-0.1, -0.05) is 156 Å². The Morgan fingerprint density at radius 3 is 1.14 bits per heavy atom. The zero-order valence-electron chi connectivity index (χ0n) is 38.2. The van der Waals surface area contributed by atoms with Gasteiger partial charge in [-0.3, -0.25) is 14.5 Å². The summed E-state index contributed by atoms with van der Waals surface area (Å²) in [6.07, 6.45) is 34.9. The third-order valence-corrected chi connectivity index (χ3v) is 11.9. The average molecular weight is 810 g/mol. The summed E-state index contributed by atoms with van der Waals surface area (Å²) in [5.41, 5.74) is 0. The summed E-state index contributed by atoms with van der Waals surface area (Å²) in [5, 5.41) is 9.39. The summed E-state index contributed by atoms with van der Waals surface area (Å²) in [6.45, 7) is 14.0. The minimum Gasteiger partial charge on any atom is -0.465 e. The van der Waals surface area contributed by atoms with Gasteiger partial charge in [0.1, 0.15) is 0 Å². The fourth-order valence-electron chi connectivity index (χ4n) is 8.17. The molecule has 2 unspecified atom stereocenters. The van der Waals surface area contributed by atoms with Crippen LogP contribution in [0, 0.1) is 11.8 Å². The first-order valence-electron chi connectivity index (χ1n) is 24.9. The van der Waals surface area contributed by atoms with E-state index in [2.05, 4.69) is 32.6 Å². The molecule has 1 rings (SSSR count). The van der Waals surface area contributed by atoms with Crippen molar-refractivity contribution in [2.45, 2.75) is 239 Å². The van der Waals surface area contributed by atoms with Gasteiger partial charge >= 0.3 is 11.9 Å². The third-order valence-electron chi connectivity index (χ3n) is 11.9. The molecule has 1 aliphatic heterocycles. The van der Waals surface area contributed by atoms with Crippen LogP contribution in [0.3, 0.4) is 0 Å². The molecule has 0 aromatic heterocycles. The molecule has 8 heteroatoms. The second-order valence-corrected chi connectivity index (χ2v) is 17.3. The summed E-state index contributed by atoms with van der Waals surface area (Å²) in [7, 11) is 0. The Bertz CT molecular complexity index is 822. The number of hydrogen-bond acceptors (Lipinski definition) is 8. The van der Waals surface area contributed by atoms with Gasteiger partial charge in [-0.2, -0.15) is 0 Å². The standard InChI is InChI=1S/C49H95NO7/c1-5-9-13-17-19-25-34-44(32-23-15-11-7-3)48(52)56-40-29-21-27-38-54-46-42-50(36-31-37-51)43-47(46)55-39-28-22-30-41-57-49(53)45(33-24-16-12-8-4)35-26-20-18-14-10-6-2/h44-47,51H,5-43H2,1-4H3/t44?,45?,46-,47+. The van der Waals surface area contributed by atoms with Crippen molar-refractivity contribution in [2.24, 2.45) is 11.8 Å².